The Morgan fingerprint density at radius 3 is 2.27 bits per heavy atom. The Hall–Kier alpha value is -1.15. The van der Waals surface area contributed by atoms with E-state index in [0.717, 1.165) is 5.56 Å². The van der Waals surface area contributed by atoms with E-state index in [2.05, 4.69) is 0 Å². The number of benzene rings is 1. The molecule has 0 aromatic heterocycles. The highest BCUT2D eigenvalue weighted by Gasteiger charge is 2.64. The van der Waals surface area contributed by atoms with Gasteiger partial charge < -0.3 is 28.4 Å². The van der Waals surface area contributed by atoms with Gasteiger partial charge in [-0.1, -0.05) is 30.3 Å². The Labute approximate surface area is 175 Å². The molecule has 0 amide bonds. The lowest BCUT2D eigenvalue weighted by Crippen LogP contribution is -2.74. The van der Waals surface area contributed by atoms with Crippen LogP contribution in [0.5, 0.6) is 0 Å². The molecule has 3 unspecified atom stereocenters. The highest BCUT2D eigenvalue weighted by Crippen LogP contribution is 2.45. The molecular weight excluding hydrogens is 420 g/mol. The van der Waals surface area contributed by atoms with Crippen LogP contribution in [-0.2, 0) is 53.8 Å². The van der Waals surface area contributed by atoms with Crippen LogP contribution >= 0.6 is 0 Å². The summed E-state index contributed by atoms with van der Waals surface area (Å²) in [6, 6.07) is 9.55. The summed E-state index contributed by atoms with van der Waals surface area (Å²) in [5.41, 5.74) is 0.937. The van der Waals surface area contributed by atoms with Gasteiger partial charge in [0, 0.05) is 14.2 Å². The fraction of sp³-hybridized carbons (Fsp3) is 0.684. The second-order valence-electron chi connectivity index (χ2n) is 7.56. The summed E-state index contributed by atoms with van der Waals surface area (Å²) in [7, 11) is -1.28. The molecule has 11 heteroatoms. The van der Waals surface area contributed by atoms with Crippen LogP contribution < -0.4 is 0 Å². The lowest BCUT2D eigenvalue weighted by molar-refractivity contribution is -0.484. The molecule has 10 nitrogen and oxygen atoms in total. The molecule has 0 N–H and O–H groups in total. The summed E-state index contributed by atoms with van der Waals surface area (Å²) in [6.07, 6.45) is -4.36. The summed E-state index contributed by atoms with van der Waals surface area (Å²) < 4.78 is 69.2. The fourth-order valence-electron chi connectivity index (χ4n) is 3.79. The zero-order valence-electron chi connectivity index (χ0n) is 17.2. The van der Waals surface area contributed by atoms with Gasteiger partial charge in [0.25, 0.3) is 0 Å². The number of fused-ring (bicyclic) bond motifs is 3. The SMILES string of the molecule is COC1(C)O[C@@H]2C(O[C@@]1(C)OC)[C@H]1OS(=O)(=O)OCC1O[C@H]2OCc1ccccc1. The van der Waals surface area contributed by atoms with Gasteiger partial charge in [-0.05, 0) is 19.4 Å². The van der Waals surface area contributed by atoms with Gasteiger partial charge in [-0.15, -0.1) is 0 Å². The molecule has 3 fully saturated rings. The molecule has 0 saturated carbocycles. The van der Waals surface area contributed by atoms with Crippen molar-refractivity contribution in [3.05, 3.63) is 35.9 Å². The van der Waals surface area contributed by atoms with E-state index in [1.165, 1.54) is 14.2 Å². The van der Waals surface area contributed by atoms with Gasteiger partial charge in [0.15, 0.2) is 6.29 Å². The third kappa shape index (κ3) is 3.90. The highest BCUT2D eigenvalue weighted by atomic mass is 32.3. The average Bonchev–Trinajstić information content (AvgIpc) is 2.74. The molecule has 0 spiro atoms. The van der Waals surface area contributed by atoms with Crippen LogP contribution in [0, 0.1) is 0 Å². The molecule has 4 rings (SSSR count). The molecule has 168 valence electrons. The minimum absolute atomic E-state index is 0.226. The lowest BCUT2D eigenvalue weighted by Gasteiger charge is -2.57. The fourth-order valence-corrected chi connectivity index (χ4v) is 4.65. The van der Waals surface area contributed by atoms with Crippen LogP contribution in [0.2, 0.25) is 0 Å². The molecular formula is C19H26O10S. The third-order valence-electron chi connectivity index (χ3n) is 5.78. The Morgan fingerprint density at radius 1 is 1.00 bits per heavy atom. The predicted octanol–water partition coefficient (Wildman–Crippen LogP) is 1.10. The monoisotopic (exact) mass is 446 g/mol. The van der Waals surface area contributed by atoms with Crippen molar-refractivity contribution in [3.63, 3.8) is 0 Å². The van der Waals surface area contributed by atoms with Crippen molar-refractivity contribution in [2.24, 2.45) is 0 Å². The molecule has 1 aromatic carbocycles. The smallest absolute Gasteiger partial charge is 0.349 e. The molecule has 3 saturated heterocycles. The first-order valence-corrected chi connectivity index (χ1v) is 10.9. The maximum absolute atomic E-state index is 11.9. The molecule has 0 radical (unpaired) electrons. The molecule has 1 aromatic rings. The van der Waals surface area contributed by atoms with Crippen LogP contribution in [0.3, 0.4) is 0 Å². The first kappa shape index (κ1) is 22.1. The summed E-state index contributed by atoms with van der Waals surface area (Å²) >= 11 is 0. The summed E-state index contributed by atoms with van der Waals surface area (Å²) in [5, 5.41) is 0. The minimum atomic E-state index is -4.18. The molecule has 3 heterocycles. The van der Waals surface area contributed by atoms with Gasteiger partial charge in [-0.2, -0.15) is 8.42 Å². The van der Waals surface area contributed by atoms with Gasteiger partial charge in [0.2, 0.25) is 11.6 Å². The maximum Gasteiger partial charge on any atom is 0.400 e. The Kier molecular flexibility index (Phi) is 5.94. The summed E-state index contributed by atoms with van der Waals surface area (Å²) in [4.78, 5) is 0. The van der Waals surface area contributed by atoms with Crippen LogP contribution in [-0.4, -0.2) is 71.5 Å². The lowest BCUT2D eigenvalue weighted by atomic mass is 9.94. The molecule has 7 atom stereocenters. The van der Waals surface area contributed by atoms with Gasteiger partial charge in [0.05, 0.1) is 13.2 Å². The van der Waals surface area contributed by atoms with Crippen molar-refractivity contribution in [2.75, 3.05) is 20.8 Å². The second kappa shape index (κ2) is 8.08. The molecule has 0 aliphatic carbocycles. The molecule has 3 aliphatic heterocycles. The minimum Gasteiger partial charge on any atom is -0.349 e. The average molecular weight is 446 g/mol. The van der Waals surface area contributed by atoms with E-state index in [4.69, 9.17) is 36.8 Å². The maximum atomic E-state index is 11.9. The Bertz CT molecular complexity index is 848. The summed E-state index contributed by atoms with van der Waals surface area (Å²) in [6.45, 7) is 3.33. The number of methoxy groups -OCH3 is 2. The first-order valence-electron chi connectivity index (χ1n) is 9.55. The third-order valence-corrected chi connectivity index (χ3v) is 6.66. The van der Waals surface area contributed by atoms with E-state index in [9.17, 15) is 8.42 Å². The van der Waals surface area contributed by atoms with Crippen molar-refractivity contribution in [1.82, 2.24) is 0 Å². The van der Waals surface area contributed by atoms with Crippen LogP contribution in [0.15, 0.2) is 30.3 Å². The summed E-state index contributed by atoms with van der Waals surface area (Å²) in [5.74, 6) is -2.67. The molecule has 3 aliphatic rings. The number of ether oxygens (including phenoxy) is 6. The van der Waals surface area contributed by atoms with Gasteiger partial charge >= 0.3 is 10.4 Å². The van der Waals surface area contributed by atoms with E-state index in [0.29, 0.717) is 0 Å². The number of rotatable bonds is 5. The van der Waals surface area contributed by atoms with Crippen LogP contribution in [0.25, 0.3) is 0 Å². The zero-order chi connectivity index (χ0) is 21.6. The van der Waals surface area contributed by atoms with Crippen LogP contribution in [0.4, 0.5) is 0 Å². The van der Waals surface area contributed by atoms with E-state index in [1.54, 1.807) is 13.8 Å². The van der Waals surface area contributed by atoms with Gasteiger partial charge in [0.1, 0.15) is 24.4 Å². The van der Waals surface area contributed by atoms with E-state index >= 15 is 0 Å². The normalized spacial score (nSPS) is 42.9. The quantitative estimate of drug-likeness (QED) is 0.652. The van der Waals surface area contributed by atoms with Crippen molar-refractivity contribution in [2.45, 2.75) is 62.7 Å². The van der Waals surface area contributed by atoms with Crippen molar-refractivity contribution in [1.29, 1.82) is 0 Å². The first-order chi connectivity index (χ1) is 14.2. The van der Waals surface area contributed by atoms with E-state index in [-0.39, 0.29) is 13.2 Å². The van der Waals surface area contributed by atoms with Crippen LogP contribution in [0.1, 0.15) is 19.4 Å². The molecule has 0 bridgehead atoms. The second-order valence-corrected chi connectivity index (χ2v) is 8.80. The largest absolute Gasteiger partial charge is 0.400 e. The van der Waals surface area contributed by atoms with Crippen molar-refractivity contribution in [3.8, 4) is 0 Å². The topological polar surface area (TPSA) is 108 Å². The van der Waals surface area contributed by atoms with Crippen molar-refractivity contribution >= 4 is 10.4 Å². The number of hydrogen-bond acceptors (Lipinski definition) is 10. The van der Waals surface area contributed by atoms with E-state index < -0.39 is 52.7 Å². The molecule has 30 heavy (non-hydrogen) atoms. The zero-order valence-corrected chi connectivity index (χ0v) is 18.0. The Balaban J connectivity index is 1.63. The van der Waals surface area contributed by atoms with Gasteiger partial charge in [-0.25, -0.2) is 8.37 Å². The Morgan fingerprint density at radius 2 is 1.63 bits per heavy atom. The predicted molar refractivity (Wildman–Crippen MR) is 100 cm³/mol. The van der Waals surface area contributed by atoms with Crippen molar-refractivity contribution < 1.29 is 45.2 Å². The van der Waals surface area contributed by atoms with Gasteiger partial charge in [-0.3, -0.25) is 0 Å². The van der Waals surface area contributed by atoms with E-state index in [1.807, 2.05) is 30.3 Å². The standard InChI is InChI=1S/C19H26O10S/c1-18(22-3)19(2,23-4)28-16-15(27-18)14-13(11-25-30(20,21)29-14)26-17(16)24-10-12-8-6-5-7-9-12/h5-9,13-17H,10-11H2,1-4H3/t13?,14-,15?,16+,17+,18+,19?/m0/s1. The highest BCUT2D eigenvalue weighted by molar-refractivity contribution is 7.81. The number of hydrogen-bond donors (Lipinski definition) is 0.